The molecule has 30 heavy (non-hydrogen) atoms. The Kier molecular flexibility index (Phi) is 4.67. The molecule has 0 unspecified atom stereocenters. The summed E-state index contributed by atoms with van der Waals surface area (Å²) in [5.74, 6) is -0.391. The second-order valence-electron chi connectivity index (χ2n) is 7.25. The lowest BCUT2D eigenvalue weighted by atomic mass is 10.2. The number of nitrogens with one attached hydrogen (secondary N) is 1. The van der Waals surface area contributed by atoms with Crippen LogP contribution in [-0.2, 0) is 11.3 Å². The molecule has 4 aromatic rings. The Morgan fingerprint density at radius 1 is 1.30 bits per heavy atom. The smallest absolute Gasteiger partial charge is 0.348 e. The monoisotopic (exact) mass is 443 g/mol. The van der Waals surface area contributed by atoms with Crippen LogP contribution in [0.1, 0.15) is 18.4 Å². The third-order valence-corrected chi connectivity index (χ3v) is 6.45. The van der Waals surface area contributed by atoms with Gasteiger partial charge in [-0.15, -0.1) is 5.10 Å². The number of carbonyl (C=O) groups excluding carboxylic acids is 1. The van der Waals surface area contributed by atoms with Crippen LogP contribution >= 0.6 is 22.9 Å². The Balaban J connectivity index is 1.45. The minimum absolute atomic E-state index is 0.232. The Bertz CT molecular complexity index is 1340. The maximum absolute atomic E-state index is 12.7. The maximum Gasteiger partial charge on any atom is 0.352 e. The number of amides is 1. The summed E-state index contributed by atoms with van der Waals surface area (Å²) in [6.07, 6.45) is 3.70. The Morgan fingerprint density at radius 3 is 2.87 bits per heavy atom. The van der Waals surface area contributed by atoms with Gasteiger partial charge in [0.05, 0.1) is 10.7 Å². The van der Waals surface area contributed by atoms with Gasteiger partial charge in [-0.25, -0.2) is 18.9 Å². The van der Waals surface area contributed by atoms with E-state index in [9.17, 15) is 9.59 Å². The minimum atomic E-state index is -0.430. The van der Waals surface area contributed by atoms with E-state index < -0.39 is 11.6 Å². The molecule has 3 aromatic heterocycles. The number of carbonyl (C=O) groups is 1. The van der Waals surface area contributed by atoms with Gasteiger partial charge < -0.3 is 10.2 Å². The Labute approximate surface area is 179 Å². The van der Waals surface area contributed by atoms with Crippen molar-refractivity contribution >= 4 is 55.7 Å². The van der Waals surface area contributed by atoms with Crippen molar-refractivity contribution in [3.05, 3.63) is 45.6 Å². The Morgan fingerprint density at radius 2 is 2.10 bits per heavy atom. The molecule has 5 rings (SSSR count). The first-order valence-electron chi connectivity index (χ1n) is 9.55. The topological polar surface area (TPSA) is 97.4 Å². The highest BCUT2D eigenvalue weighted by atomic mass is 35.5. The van der Waals surface area contributed by atoms with Crippen LogP contribution in [0.4, 0.5) is 10.8 Å². The Hall–Kier alpha value is -2.98. The number of fused-ring (bicyclic) bond motifs is 3. The second kappa shape index (κ2) is 7.37. The molecular formula is C19H18ClN7O2S. The summed E-state index contributed by atoms with van der Waals surface area (Å²) in [7, 11) is 0. The number of benzene rings is 1. The van der Waals surface area contributed by atoms with Gasteiger partial charge >= 0.3 is 5.69 Å². The van der Waals surface area contributed by atoms with Crippen LogP contribution in [0.2, 0.25) is 5.02 Å². The first kappa shape index (κ1) is 19.0. The fourth-order valence-corrected chi connectivity index (χ4v) is 4.85. The lowest BCUT2D eigenvalue weighted by Crippen LogP contribution is -2.28. The quantitative estimate of drug-likeness (QED) is 0.520. The molecule has 1 fully saturated rings. The predicted octanol–water partition coefficient (Wildman–Crippen LogP) is 2.70. The molecule has 154 valence electrons. The van der Waals surface area contributed by atoms with Crippen LogP contribution in [0, 0.1) is 6.92 Å². The third kappa shape index (κ3) is 3.31. The molecule has 1 aliphatic rings. The standard InChI is InChI=1S/C19H18ClN7O2S/c1-11-4-5-13(12(20)8-11)22-14(28)9-27-19(29)26-10-21-16-15(17(26)24-27)30-18(23-16)25-6-2-3-7-25/h4-5,8,10H,2-3,6-7,9H2,1H3,(H,22,28). The third-order valence-electron chi connectivity index (χ3n) is 5.04. The largest absolute Gasteiger partial charge is 0.352 e. The fourth-order valence-electron chi connectivity index (χ4n) is 3.52. The van der Waals surface area contributed by atoms with Crippen LogP contribution in [0.15, 0.2) is 29.3 Å². The van der Waals surface area contributed by atoms with Crippen molar-refractivity contribution in [2.24, 2.45) is 0 Å². The summed E-state index contributed by atoms with van der Waals surface area (Å²) < 4.78 is 3.21. The molecule has 0 radical (unpaired) electrons. The molecule has 0 atom stereocenters. The molecule has 11 heteroatoms. The van der Waals surface area contributed by atoms with Gasteiger partial charge in [0, 0.05) is 13.1 Å². The summed E-state index contributed by atoms with van der Waals surface area (Å²) in [6.45, 7) is 3.62. The van der Waals surface area contributed by atoms with Gasteiger partial charge in [0.25, 0.3) is 0 Å². The van der Waals surface area contributed by atoms with E-state index in [1.54, 1.807) is 12.1 Å². The van der Waals surface area contributed by atoms with Gasteiger partial charge in [0.1, 0.15) is 17.6 Å². The van der Waals surface area contributed by atoms with E-state index in [4.69, 9.17) is 11.6 Å². The highest BCUT2D eigenvalue weighted by molar-refractivity contribution is 7.22. The van der Waals surface area contributed by atoms with Gasteiger partial charge in [0.2, 0.25) is 5.91 Å². The summed E-state index contributed by atoms with van der Waals surface area (Å²) >= 11 is 7.64. The van der Waals surface area contributed by atoms with Crippen LogP contribution in [0.5, 0.6) is 0 Å². The first-order chi connectivity index (χ1) is 14.5. The zero-order valence-corrected chi connectivity index (χ0v) is 17.7. The minimum Gasteiger partial charge on any atom is -0.348 e. The van der Waals surface area contributed by atoms with Crippen molar-refractivity contribution in [3.63, 3.8) is 0 Å². The van der Waals surface area contributed by atoms with Gasteiger partial charge in [-0.05, 0) is 37.5 Å². The molecule has 1 N–H and O–H groups in total. The van der Waals surface area contributed by atoms with Crippen molar-refractivity contribution in [1.29, 1.82) is 0 Å². The molecule has 1 amide bonds. The zero-order chi connectivity index (χ0) is 20.8. The number of hydrogen-bond donors (Lipinski definition) is 1. The van der Waals surface area contributed by atoms with E-state index in [0.29, 0.717) is 22.0 Å². The van der Waals surface area contributed by atoms with E-state index in [1.807, 2.05) is 13.0 Å². The van der Waals surface area contributed by atoms with Crippen LogP contribution in [-0.4, -0.2) is 43.1 Å². The number of halogens is 1. The molecule has 0 aliphatic carbocycles. The van der Waals surface area contributed by atoms with E-state index in [-0.39, 0.29) is 6.54 Å². The summed E-state index contributed by atoms with van der Waals surface area (Å²) in [4.78, 5) is 36.3. The molecule has 1 saturated heterocycles. The van der Waals surface area contributed by atoms with Crippen molar-refractivity contribution in [1.82, 2.24) is 24.1 Å². The predicted molar refractivity (Wildman–Crippen MR) is 117 cm³/mol. The van der Waals surface area contributed by atoms with E-state index in [1.165, 1.54) is 22.1 Å². The number of thiazole rings is 1. The fraction of sp³-hybridized carbons (Fsp3) is 0.316. The van der Waals surface area contributed by atoms with Gasteiger partial charge in [-0.1, -0.05) is 29.0 Å². The molecule has 9 nitrogen and oxygen atoms in total. The number of aromatic nitrogens is 5. The second-order valence-corrected chi connectivity index (χ2v) is 8.64. The molecule has 0 saturated carbocycles. The summed E-state index contributed by atoms with van der Waals surface area (Å²) in [5.41, 5.74) is 2.06. The zero-order valence-electron chi connectivity index (χ0n) is 16.1. The molecule has 1 aliphatic heterocycles. The molecule has 0 bridgehead atoms. The van der Waals surface area contributed by atoms with Gasteiger partial charge in [-0.2, -0.15) is 4.98 Å². The molecule has 4 heterocycles. The lowest BCUT2D eigenvalue weighted by molar-refractivity contribution is -0.117. The molecule has 1 aromatic carbocycles. The van der Waals surface area contributed by atoms with Gasteiger partial charge in [-0.3, -0.25) is 4.79 Å². The van der Waals surface area contributed by atoms with Gasteiger partial charge in [0.15, 0.2) is 16.4 Å². The SMILES string of the molecule is Cc1ccc(NC(=O)Cn2nc3c4sc(N5CCCC5)nc4ncn3c2=O)c(Cl)c1. The number of aryl methyl sites for hydroxylation is 1. The van der Waals surface area contributed by atoms with E-state index >= 15 is 0 Å². The van der Waals surface area contributed by atoms with E-state index in [0.717, 1.165) is 46.0 Å². The van der Waals surface area contributed by atoms with Crippen molar-refractivity contribution in [3.8, 4) is 0 Å². The summed E-state index contributed by atoms with van der Waals surface area (Å²) in [6, 6.07) is 5.34. The average molecular weight is 444 g/mol. The number of hydrogen-bond acceptors (Lipinski definition) is 7. The van der Waals surface area contributed by atoms with Crippen molar-refractivity contribution in [2.75, 3.05) is 23.3 Å². The number of nitrogens with zero attached hydrogens (tertiary/aromatic N) is 6. The van der Waals surface area contributed by atoms with E-state index in [2.05, 4.69) is 25.3 Å². The highest BCUT2D eigenvalue weighted by Crippen LogP contribution is 2.31. The van der Waals surface area contributed by atoms with Crippen LogP contribution in [0.25, 0.3) is 16.0 Å². The van der Waals surface area contributed by atoms with Crippen LogP contribution in [0.3, 0.4) is 0 Å². The lowest BCUT2D eigenvalue weighted by Gasteiger charge is -2.11. The maximum atomic E-state index is 12.7. The first-order valence-corrected chi connectivity index (χ1v) is 10.7. The van der Waals surface area contributed by atoms with Crippen LogP contribution < -0.4 is 15.9 Å². The molecular weight excluding hydrogens is 426 g/mol. The number of anilines is 2. The van der Waals surface area contributed by atoms with Crippen molar-refractivity contribution < 1.29 is 4.79 Å². The normalized spacial score (nSPS) is 14.1. The molecule has 0 spiro atoms. The average Bonchev–Trinajstić information content (AvgIpc) is 3.43. The number of rotatable bonds is 4. The summed E-state index contributed by atoms with van der Waals surface area (Å²) in [5, 5.41) is 8.43. The highest BCUT2D eigenvalue weighted by Gasteiger charge is 2.20. The van der Waals surface area contributed by atoms with Crippen molar-refractivity contribution in [2.45, 2.75) is 26.3 Å².